The minimum absolute atomic E-state index is 0.0150. The average Bonchev–Trinajstić information content (AvgIpc) is 3.06. The maximum Gasteiger partial charge on any atom is 0.257 e. The number of para-hydroxylation sites is 1. The van der Waals surface area contributed by atoms with Crippen molar-refractivity contribution in [3.8, 4) is 11.5 Å². The van der Waals surface area contributed by atoms with Crippen LogP contribution in [0.4, 0.5) is 0 Å². The molecule has 2 aliphatic heterocycles. The number of benzene rings is 1. The molecule has 0 N–H and O–H groups in total. The van der Waals surface area contributed by atoms with Crippen molar-refractivity contribution in [2.75, 3.05) is 39.4 Å². The lowest BCUT2D eigenvalue weighted by Crippen LogP contribution is -2.48. The molecular formula is C18H19ClN2O3S. The summed E-state index contributed by atoms with van der Waals surface area (Å²) in [6.45, 7) is 5.02. The number of piperazine rings is 1. The Morgan fingerprint density at radius 3 is 2.64 bits per heavy atom. The summed E-state index contributed by atoms with van der Waals surface area (Å²) in [6.07, 6.45) is 0. The molecule has 0 unspecified atom stereocenters. The topological polar surface area (TPSA) is 42.0 Å². The third-order valence-corrected chi connectivity index (χ3v) is 5.68. The number of nitrogens with zero attached hydrogens (tertiary/aromatic N) is 2. The zero-order valence-corrected chi connectivity index (χ0v) is 15.3. The highest BCUT2D eigenvalue weighted by Gasteiger charge is 2.27. The van der Waals surface area contributed by atoms with Gasteiger partial charge in [-0.15, -0.1) is 11.3 Å². The fourth-order valence-electron chi connectivity index (χ4n) is 3.18. The SMILES string of the molecule is O=C(c1cccc2c1OCCO2)N1CCN(Cc2ccc(Cl)s2)CC1. The first-order chi connectivity index (χ1) is 12.2. The van der Waals surface area contributed by atoms with Gasteiger partial charge in [0.1, 0.15) is 13.2 Å². The summed E-state index contributed by atoms with van der Waals surface area (Å²) in [6, 6.07) is 9.50. The zero-order valence-electron chi connectivity index (χ0n) is 13.7. The minimum atomic E-state index is 0.0150. The van der Waals surface area contributed by atoms with Gasteiger partial charge in [0.2, 0.25) is 0 Å². The van der Waals surface area contributed by atoms with E-state index in [-0.39, 0.29) is 5.91 Å². The standard InChI is InChI=1S/C18H19ClN2O3S/c19-16-5-4-13(25-16)12-20-6-8-21(9-7-20)18(22)14-2-1-3-15-17(14)24-11-10-23-15/h1-5H,6-12H2. The molecule has 4 rings (SSSR count). The maximum atomic E-state index is 12.9. The summed E-state index contributed by atoms with van der Waals surface area (Å²) in [7, 11) is 0. The van der Waals surface area contributed by atoms with Crippen LogP contribution in [0.3, 0.4) is 0 Å². The van der Waals surface area contributed by atoms with Gasteiger partial charge in [-0.1, -0.05) is 17.7 Å². The quantitative estimate of drug-likeness (QED) is 0.823. The fraction of sp³-hybridized carbons (Fsp3) is 0.389. The molecule has 132 valence electrons. The highest BCUT2D eigenvalue weighted by molar-refractivity contribution is 7.16. The second-order valence-corrected chi connectivity index (χ2v) is 7.90. The van der Waals surface area contributed by atoms with E-state index in [2.05, 4.69) is 11.0 Å². The molecule has 5 nitrogen and oxygen atoms in total. The van der Waals surface area contributed by atoms with Crippen LogP contribution in [-0.4, -0.2) is 55.1 Å². The highest BCUT2D eigenvalue weighted by atomic mass is 35.5. The van der Waals surface area contributed by atoms with E-state index in [4.69, 9.17) is 21.1 Å². The van der Waals surface area contributed by atoms with Crippen LogP contribution in [0.25, 0.3) is 0 Å². The average molecular weight is 379 g/mol. The normalized spacial score (nSPS) is 17.6. The number of carbonyl (C=O) groups is 1. The van der Waals surface area contributed by atoms with Gasteiger partial charge in [-0.2, -0.15) is 0 Å². The van der Waals surface area contributed by atoms with Gasteiger partial charge in [-0.25, -0.2) is 0 Å². The van der Waals surface area contributed by atoms with E-state index in [0.717, 1.165) is 24.0 Å². The predicted octanol–water partition coefficient (Wildman–Crippen LogP) is 3.13. The van der Waals surface area contributed by atoms with Crippen LogP contribution in [0.15, 0.2) is 30.3 Å². The maximum absolute atomic E-state index is 12.9. The van der Waals surface area contributed by atoms with Crippen molar-refractivity contribution >= 4 is 28.8 Å². The lowest BCUT2D eigenvalue weighted by molar-refractivity contribution is 0.0620. The molecule has 1 aromatic carbocycles. The van der Waals surface area contributed by atoms with Crippen molar-refractivity contribution < 1.29 is 14.3 Å². The summed E-state index contributed by atoms with van der Waals surface area (Å²) in [5.41, 5.74) is 0.593. The van der Waals surface area contributed by atoms with Gasteiger partial charge in [0, 0.05) is 37.6 Å². The van der Waals surface area contributed by atoms with Crippen LogP contribution in [0.5, 0.6) is 11.5 Å². The Balaban J connectivity index is 1.40. The number of rotatable bonds is 3. The largest absolute Gasteiger partial charge is 0.486 e. The first-order valence-electron chi connectivity index (χ1n) is 8.35. The number of hydrogen-bond acceptors (Lipinski definition) is 5. The molecule has 0 saturated carbocycles. The smallest absolute Gasteiger partial charge is 0.257 e. The van der Waals surface area contributed by atoms with Gasteiger partial charge in [0.15, 0.2) is 11.5 Å². The highest BCUT2D eigenvalue weighted by Crippen LogP contribution is 2.34. The molecule has 25 heavy (non-hydrogen) atoms. The molecule has 1 fully saturated rings. The van der Waals surface area contributed by atoms with E-state index in [0.29, 0.717) is 43.4 Å². The molecular weight excluding hydrogens is 360 g/mol. The second-order valence-electron chi connectivity index (χ2n) is 6.10. The molecule has 0 spiro atoms. The Kier molecular flexibility index (Phi) is 4.83. The predicted molar refractivity (Wildman–Crippen MR) is 97.9 cm³/mol. The molecule has 0 aliphatic carbocycles. The molecule has 7 heteroatoms. The Morgan fingerprint density at radius 2 is 1.88 bits per heavy atom. The van der Waals surface area contributed by atoms with Crippen LogP contribution >= 0.6 is 22.9 Å². The number of carbonyl (C=O) groups excluding carboxylic acids is 1. The van der Waals surface area contributed by atoms with E-state index >= 15 is 0 Å². The van der Waals surface area contributed by atoms with Gasteiger partial charge < -0.3 is 14.4 Å². The van der Waals surface area contributed by atoms with E-state index in [1.165, 1.54) is 4.88 Å². The Hall–Kier alpha value is -1.76. The van der Waals surface area contributed by atoms with Crippen molar-refractivity contribution in [3.63, 3.8) is 0 Å². The van der Waals surface area contributed by atoms with Crippen molar-refractivity contribution in [3.05, 3.63) is 45.1 Å². The summed E-state index contributed by atoms with van der Waals surface area (Å²) in [5.74, 6) is 1.25. The van der Waals surface area contributed by atoms with Crippen molar-refractivity contribution in [1.82, 2.24) is 9.80 Å². The van der Waals surface area contributed by atoms with E-state index in [1.54, 1.807) is 11.3 Å². The van der Waals surface area contributed by atoms with E-state index < -0.39 is 0 Å². The molecule has 3 heterocycles. The van der Waals surface area contributed by atoms with Crippen LogP contribution in [0, 0.1) is 0 Å². The second kappa shape index (κ2) is 7.23. The molecule has 0 atom stereocenters. The number of ether oxygens (including phenoxy) is 2. The van der Waals surface area contributed by atoms with E-state index in [9.17, 15) is 4.79 Å². The number of thiophene rings is 1. The first kappa shape index (κ1) is 16.7. The molecule has 1 aromatic heterocycles. The van der Waals surface area contributed by atoms with Crippen molar-refractivity contribution in [1.29, 1.82) is 0 Å². The summed E-state index contributed by atoms with van der Waals surface area (Å²) in [5, 5.41) is 0. The van der Waals surface area contributed by atoms with Crippen molar-refractivity contribution in [2.24, 2.45) is 0 Å². The third-order valence-electron chi connectivity index (χ3n) is 4.46. The fourth-order valence-corrected chi connectivity index (χ4v) is 4.31. The van der Waals surface area contributed by atoms with Crippen LogP contribution in [0.1, 0.15) is 15.2 Å². The van der Waals surface area contributed by atoms with Crippen LogP contribution < -0.4 is 9.47 Å². The van der Waals surface area contributed by atoms with Gasteiger partial charge in [0.25, 0.3) is 5.91 Å². The molecule has 2 aliphatic rings. The Labute approximate surface area is 155 Å². The summed E-state index contributed by atoms with van der Waals surface area (Å²) in [4.78, 5) is 18.4. The summed E-state index contributed by atoms with van der Waals surface area (Å²) >= 11 is 7.61. The summed E-state index contributed by atoms with van der Waals surface area (Å²) < 4.78 is 12.1. The minimum Gasteiger partial charge on any atom is -0.486 e. The molecule has 2 aromatic rings. The van der Waals surface area contributed by atoms with Gasteiger partial charge in [0.05, 0.1) is 9.90 Å². The molecule has 0 radical (unpaired) electrons. The van der Waals surface area contributed by atoms with Crippen molar-refractivity contribution in [2.45, 2.75) is 6.54 Å². The Bertz CT molecular complexity index is 771. The van der Waals surface area contributed by atoms with Crippen LogP contribution in [0.2, 0.25) is 4.34 Å². The van der Waals surface area contributed by atoms with E-state index in [1.807, 2.05) is 29.2 Å². The Morgan fingerprint density at radius 1 is 1.08 bits per heavy atom. The lowest BCUT2D eigenvalue weighted by Gasteiger charge is -2.35. The number of amides is 1. The molecule has 0 bridgehead atoms. The first-order valence-corrected chi connectivity index (χ1v) is 9.54. The van der Waals surface area contributed by atoms with Gasteiger partial charge in [-0.3, -0.25) is 9.69 Å². The van der Waals surface area contributed by atoms with Gasteiger partial charge >= 0.3 is 0 Å². The number of halogens is 1. The molecule has 1 amide bonds. The number of fused-ring (bicyclic) bond motifs is 1. The van der Waals surface area contributed by atoms with Gasteiger partial charge in [-0.05, 0) is 24.3 Å². The number of hydrogen-bond donors (Lipinski definition) is 0. The third kappa shape index (κ3) is 3.61. The lowest BCUT2D eigenvalue weighted by atomic mass is 10.1. The molecule has 1 saturated heterocycles. The monoisotopic (exact) mass is 378 g/mol. The van der Waals surface area contributed by atoms with Crippen LogP contribution in [-0.2, 0) is 6.54 Å². The zero-order chi connectivity index (χ0) is 17.2.